The highest BCUT2D eigenvalue weighted by Crippen LogP contribution is 2.31. The molecule has 0 N–H and O–H groups in total. The number of nitrogens with zero attached hydrogens (tertiary/aromatic N) is 2. The number of likely N-dealkylation sites (N-methyl/N-ethyl adjacent to an activating group) is 1. The molecular formula is C11H18N2S. The topological polar surface area (TPSA) is 16.1 Å². The Balaban J connectivity index is 2.32. The molecule has 1 aliphatic heterocycles. The van der Waals surface area contributed by atoms with Crippen molar-refractivity contribution in [1.29, 1.82) is 0 Å². The maximum atomic E-state index is 4.75. The normalized spacial score (nSPS) is 18.3. The third-order valence-corrected chi connectivity index (χ3v) is 4.07. The van der Waals surface area contributed by atoms with Gasteiger partial charge in [-0.05, 0) is 7.05 Å². The van der Waals surface area contributed by atoms with E-state index in [2.05, 4.69) is 32.7 Å². The highest BCUT2D eigenvalue weighted by atomic mass is 32.1. The number of hydrogen-bond acceptors (Lipinski definition) is 3. The molecule has 2 nitrogen and oxygen atoms in total. The second-order valence-corrected chi connectivity index (χ2v) is 6.21. The van der Waals surface area contributed by atoms with Crippen LogP contribution in [-0.2, 0) is 18.4 Å². The molecule has 78 valence electrons. The number of rotatable bonds is 0. The van der Waals surface area contributed by atoms with Gasteiger partial charge in [0.1, 0.15) is 0 Å². The summed E-state index contributed by atoms with van der Waals surface area (Å²) in [4.78, 5) is 8.59. The van der Waals surface area contributed by atoms with E-state index in [0.29, 0.717) is 0 Å². The van der Waals surface area contributed by atoms with E-state index in [1.807, 2.05) is 11.3 Å². The van der Waals surface area contributed by atoms with Crippen molar-refractivity contribution in [2.24, 2.45) is 0 Å². The van der Waals surface area contributed by atoms with Crippen LogP contribution in [0.5, 0.6) is 0 Å². The highest BCUT2D eigenvalue weighted by molar-refractivity contribution is 7.11. The highest BCUT2D eigenvalue weighted by Gasteiger charge is 2.24. The fraction of sp³-hybridized carbons (Fsp3) is 0.727. The van der Waals surface area contributed by atoms with Gasteiger partial charge in [0.15, 0.2) is 0 Å². The minimum Gasteiger partial charge on any atom is -0.301 e. The maximum absolute atomic E-state index is 4.75. The van der Waals surface area contributed by atoms with Crippen molar-refractivity contribution in [3.05, 3.63) is 15.6 Å². The molecule has 0 amide bonds. The quantitative estimate of drug-likeness (QED) is 0.654. The summed E-state index contributed by atoms with van der Waals surface area (Å²) in [6.45, 7) is 8.95. The van der Waals surface area contributed by atoms with Gasteiger partial charge in [0, 0.05) is 29.8 Å². The van der Waals surface area contributed by atoms with E-state index in [0.717, 1.165) is 19.5 Å². The molecule has 14 heavy (non-hydrogen) atoms. The summed E-state index contributed by atoms with van der Waals surface area (Å²) in [6, 6.07) is 0. The Morgan fingerprint density at radius 3 is 2.71 bits per heavy atom. The maximum Gasteiger partial charge on any atom is 0.0985 e. The molecule has 1 aromatic rings. The molecule has 0 saturated heterocycles. The molecule has 0 fully saturated rings. The number of aromatic nitrogens is 1. The Labute approximate surface area is 90.0 Å². The molecule has 0 unspecified atom stereocenters. The minimum absolute atomic E-state index is 0.209. The van der Waals surface area contributed by atoms with Crippen molar-refractivity contribution < 1.29 is 0 Å². The zero-order chi connectivity index (χ0) is 10.3. The van der Waals surface area contributed by atoms with Crippen molar-refractivity contribution in [3.63, 3.8) is 0 Å². The van der Waals surface area contributed by atoms with Gasteiger partial charge in [0.2, 0.25) is 0 Å². The molecule has 3 heteroatoms. The molecule has 2 heterocycles. The van der Waals surface area contributed by atoms with E-state index >= 15 is 0 Å². The molecule has 0 radical (unpaired) electrons. The van der Waals surface area contributed by atoms with Gasteiger partial charge < -0.3 is 4.90 Å². The van der Waals surface area contributed by atoms with Crippen LogP contribution in [-0.4, -0.2) is 23.5 Å². The van der Waals surface area contributed by atoms with Crippen molar-refractivity contribution in [1.82, 2.24) is 9.88 Å². The number of hydrogen-bond donors (Lipinski definition) is 0. The first kappa shape index (κ1) is 10.1. The molecule has 0 atom stereocenters. The first-order valence-corrected chi connectivity index (χ1v) is 5.96. The lowest BCUT2D eigenvalue weighted by molar-refractivity contribution is 0.314. The first-order chi connectivity index (χ1) is 6.47. The molecule has 2 rings (SSSR count). The molecule has 0 aliphatic carbocycles. The Morgan fingerprint density at radius 2 is 2.07 bits per heavy atom. The van der Waals surface area contributed by atoms with Gasteiger partial charge in [0.25, 0.3) is 0 Å². The zero-order valence-electron chi connectivity index (χ0n) is 9.42. The lowest BCUT2D eigenvalue weighted by Gasteiger charge is -2.20. The van der Waals surface area contributed by atoms with Gasteiger partial charge >= 0.3 is 0 Å². The van der Waals surface area contributed by atoms with Crippen LogP contribution in [0.15, 0.2) is 0 Å². The lowest BCUT2D eigenvalue weighted by atomic mass is 9.98. The molecule has 0 spiro atoms. The van der Waals surface area contributed by atoms with E-state index in [1.165, 1.54) is 15.6 Å². The third kappa shape index (κ3) is 1.84. The summed E-state index contributed by atoms with van der Waals surface area (Å²) < 4.78 is 0. The molecule has 0 aromatic carbocycles. The molecule has 0 saturated carbocycles. The third-order valence-electron chi connectivity index (χ3n) is 2.56. The van der Waals surface area contributed by atoms with Crippen LogP contribution in [0.1, 0.15) is 36.3 Å². The smallest absolute Gasteiger partial charge is 0.0985 e. The Morgan fingerprint density at radius 1 is 1.36 bits per heavy atom. The summed E-state index contributed by atoms with van der Waals surface area (Å²) in [7, 11) is 2.18. The van der Waals surface area contributed by atoms with E-state index in [1.54, 1.807) is 0 Å². The second-order valence-electron chi connectivity index (χ2n) is 5.13. The largest absolute Gasteiger partial charge is 0.301 e. The van der Waals surface area contributed by atoms with E-state index in [4.69, 9.17) is 4.98 Å². The van der Waals surface area contributed by atoms with Crippen molar-refractivity contribution in [3.8, 4) is 0 Å². The minimum atomic E-state index is 0.209. The lowest BCUT2D eigenvalue weighted by Crippen LogP contribution is -2.25. The van der Waals surface area contributed by atoms with Gasteiger partial charge in [0.05, 0.1) is 10.7 Å². The predicted molar refractivity (Wildman–Crippen MR) is 60.9 cm³/mol. The summed E-state index contributed by atoms with van der Waals surface area (Å²) in [5.41, 5.74) is 1.55. The second kappa shape index (κ2) is 3.31. The first-order valence-electron chi connectivity index (χ1n) is 5.14. The molecule has 0 bridgehead atoms. The average Bonchev–Trinajstić information content (AvgIpc) is 2.45. The Bertz CT molecular complexity index is 336. The number of thiazole rings is 1. The summed E-state index contributed by atoms with van der Waals surface area (Å²) in [6.07, 6.45) is 1.12. The van der Waals surface area contributed by atoms with Crippen LogP contribution in [0.25, 0.3) is 0 Å². The Hall–Kier alpha value is -0.410. The van der Waals surface area contributed by atoms with Crippen LogP contribution in [0, 0.1) is 0 Å². The van der Waals surface area contributed by atoms with E-state index in [9.17, 15) is 0 Å². The van der Waals surface area contributed by atoms with E-state index < -0.39 is 0 Å². The zero-order valence-corrected chi connectivity index (χ0v) is 10.2. The van der Waals surface area contributed by atoms with Crippen LogP contribution in [0.3, 0.4) is 0 Å². The summed E-state index contributed by atoms with van der Waals surface area (Å²) in [5, 5.41) is 1.29. The fourth-order valence-corrected chi connectivity index (χ4v) is 2.89. The van der Waals surface area contributed by atoms with Crippen molar-refractivity contribution in [2.45, 2.75) is 39.2 Å². The van der Waals surface area contributed by atoms with Gasteiger partial charge in [-0.3, -0.25) is 0 Å². The standard InChI is InChI=1S/C11H18N2S/c1-11(2,3)10-12-8-5-6-13(4)7-9(8)14-10/h5-7H2,1-4H3. The predicted octanol–water partition coefficient (Wildman–Crippen LogP) is 2.43. The number of fused-ring (bicyclic) bond motifs is 1. The van der Waals surface area contributed by atoms with Gasteiger partial charge in [-0.25, -0.2) is 4.98 Å². The van der Waals surface area contributed by atoms with Crippen LogP contribution in [0.4, 0.5) is 0 Å². The molecule has 1 aliphatic rings. The van der Waals surface area contributed by atoms with Crippen LogP contribution >= 0.6 is 11.3 Å². The van der Waals surface area contributed by atoms with Crippen molar-refractivity contribution >= 4 is 11.3 Å². The summed E-state index contributed by atoms with van der Waals surface area (Å²) in [5.74, 6) is 0. The van der Waals surface area contributed by atoms with Gasteiger partial charge in [-0.1, -0.05) is 20.8 Å². The Kier molecular flexibility index (Phi) is 2.40. The van der Waals surface area contributed by atoms with Crippen LogP contribution < -0.4 is 0 Å². The van der Waals surface area contributed by atoms with E-state index in [-0.39, 0.29) is 5.41 Å². The van der Waals surface area contributed by atoms with Gasteiger partial charge in [-0.15, -0.1) is 11.3 Å². The monoisotopic (exact) mass is 210 g/mol. The van der Waals surface area contributed by atoms with Crippen molar-refractivity contribution in [2.75, 3.05) is 13.6 Å². The van der Waals surface area contributed by atoms with Gasteiger partial charge in [-0.2, -0.15) is 0 Å². The molecule has 1 aromatic heterocycles. The summed E-state index contributed by atoms with van der Waals surface area (Å²) >= 11 is 1.89. The van der Waals surface area contributed by atoms with Crippen LogP contribution in [0.2, 0.25) is 0 Å². The molecular weight excluding hydrogens is 192 g/mol. The average molecular weight is 210 g/mol. The SMILES string of the molecule is CN1CCc2nc(C(C)(C)C)sc2C1. The fourth-order valence-electron chi connectivity index (χ4n) is 1.64.